The highest BCUT2D eigenvalue weighted by molar-refractivity contribution is 5.96. The molecule has 2 aromatic carbocycles. The molecular formula is C26H34N4O4. The topological polar surface area (TPSA) is 116 Å². The highest BCUT2D eigenvalue weighted by Crippen LogP contribution is 2.09. The zero-order valence-electron chi connectivity index (χ0n) is 19.9. The summed E-state index contributed by atoms with van der Waals surface area (Å²) < 4.78 is 0. The number of unbranched alkanes of at least 4 members (excludes halogenated alkanes) is 5. The summed E-state index contributed by atoms with van der Waals surface area (Å²) in [5, 5.41) is 0. The van der Waals surface area contributed by atoms with Crippen molar-refractivity contribution in [2.75, 3.05) is 0 Å². The maximum Gasteiger partial charge on any atom is 0.269 e. The van der Waals surface area contributed by atoms with Crippen LogP contribution in [0.4, 0.5) is 0 Å². The molecule has 0 bridgehead atoms. The molecule has 0 atom stereocenters. The van der Waals surface area contributed by atoms with Crippen LogP contribution in [0.5, 0.6) is 0 Å². The maximum atomic E-state index is 12.0. The van der Waals surface area contributed by atoms with E-state index in [2.05, 4.69) is 21.7 Å². The number of nitrogens with one attached hydrogen (secondary N) is 4. The average Bonchev–Trinajstić information content (AvgIpc) is 2.82. The van der Waals surface area contributed by atoms with E-state index in [0.29, 0.717) is 24.0 Å². The van der Waals surface area contributed by atoms with E-state index in [1.165, 1.54) is 0 Å². The summed E-state index contributed by atoms with van der Waals surface area (Å²) in [6.45, 7) is 3.80. The van der Waals surface area contributed by atoms with Gasteiger partial charge in [-0.25, -0.2) is 0 Å². The fraction of sp³-hybridized carbons (Fsp3) is 0.385. The maximum absolute atomic E-state index is 12.0. The van der Waals surface area contributed by atoms with Crippen molar-refractivity contribution < 1.29 is 19.2 Å². The van der Waals surface area contributed by atoms with Crippen LogP contribution in [0.2, 0.25) is 0 Å². The molecule has 0 aromatic heterocycles. The van der Waals surface area contributed by atoms with Gasteiger partial charge in [0.25, 0.3) is 11.8 Å². The van der Waals surface area contributed by atoms with E-state index in [1.54, 1.807) is 36.4 Å². The van der Waals surface area contributed by atoms with E-state index in [1.807, 2.05) is 26.0 Å². The molecular weight excluding hydrogens is 432 g/mol. The fourth-order valence-corrected chi connectivity index (χ4v) is 3.37. The number of rotatable bonds is 11. The van der Waals surface area contributed by atoms with E-state index in [9.17, 15) is 19.2 Å². The molecule has 0 aliphatic carbocycles. The Labute approximate surface area is 200 Å². The second kappa shape index (κ2) is 14.5. The first-order chi connectivity index (χ1) is 16.3. The van der Waals surface area contributed by atoms with Gasteiger partial charge in [0.1, 0.15) is 0 Å². The van der Waals surface area contributed by atoms with Gasteiger partial charge in [-0.15, -0.1) is 0 Å². The van der Waals surface area contributed by atoms with E-state index < -0.39 is 0 Å². The summed E-state index contributed by atoms with van der Waals surface area (Å²) in [5.74, 6) is -1.11. The number of hydrogen-bond donors (Lipinski definition) is 4. The zero-order chi connectivity index (χ0) is 24.8. The van der Waals surface area contributed by atoms with Crippen LogP contribution in [0.15, 0.2) is 48.5 Å². The van der Waals surface area contributed by atoms with E-state index in [4.69, 9.17) is 0 Å². The van der Waals surface area contributed by atoms with Crippen molar-refractivity contribution in [2.24, 2.45) is 0 Å². The van der Waals surface area contributed by atoms with Gasteiger partial charge >= 0.3 is 0 Å². The molecule has 8 heteroatoms. The first kappa shape index (κ1) is 26.6. The van der Waals surface area contributed by atoms with Gasteiger partial charge in [-0.2, -0.15) is 0 Å². The van der Waals surface area contributed by atoms with Gasteiger partial charge in [-0.1, -0.05) is 61.1 Å². The Bertz CT molecular complexity index is 911. The van der Waals surface area contributed by atoms with Crippen LogP contribution in [-0.4, -0.2) is 23.6 Å². The molecule has 0 saturated heterocycles. The number of carbonyl (C=O) groups excluding carboxylic acids is 4. The smallest absolute Gasteiger partial charge is 0.269 e. The van der Waals surface area contributed by atoms with Gasteiger partial charge in [0, 0.05) is 24.0 Å². The van der Waals surface area contributed by atoms with E-state index in [0.717, 1.165) is 49.7 Å². The quantitative estimate of drug-likeness (QED) is 0.299. The number of hydrazine groups is 2. The summed E-state index contributed by atoms with van der Waals surface area (Å²) in [4.78, 5) is 47.7. The fourth-order valence-electron chi connectivity index (χ4n) is 3.37. The molecule has 0 spiro atoms. The molecule has 8 nitrogen and oxygen atoms in total. The number of aryl methyl sites for hydroxylation is 2. The third-order valence-corrected chi connectivity index (χ3v) is 5.25. The van der Waals surface area contributed by atoms with Crippen molar-refractivity contribution in [3.8, 4) is 0 Å². The lowest BCUT2D eigenvalue weighted by Crippen LogP contribution is -2.41. The van der Waals surface area contributed by atoms with Gasteiger partial charge in [0.2, 0.25) is 11.8 Å². The molecule has 34 heavy (non-hydrogen) atoms. The Kier molecular flexibility index (Phi) is 11.3. The summed E-state index contributed by atoms with van der Waals surface area (Å²) >= 11 is 0. The number of benzene rings is 2. The summed E-state index contributed by atoms with van der Waals surface area (Å²) in [6.07, 6.45) is 5.89. The molecule has 4 amide bonds. The van der Waals surface area contributed by atoms with E-state index in [-0.39, 0.29) is 23.6 Å². The third kappa shape index (κ3) is 10.3. The highest BCUT2D eigenvalue weighted by atomic mass is 16.2. The van der Waals surface area contributed by atoms with Crippen molar-refractivity contribution >= 4 is 23.6 Å². The molecule has 0 saturated carbocycles. The standard InChI is InChI=1S/C26H34N4O4/c1-19-11-9-13-21(17-19)25(33)29-27-23(31)15-7-5-3-4-6-8-16-24(32)28-30-26(34)22-14-10-12-20(2)18-22/h9-14,17-18H,3-8,15-16H2,1-2H3,(H,27,31)(H,28,32)(H,29,33)(H,30,34). The molecule has 0 unspecified atom stereocenters. The lowest BCUT2D eigenvalue weighted by molar-refractivity contribution is -0.122. The second-order valence-corrected chi connectivity index (χ2v) is 8.36. The van der Waals surface area contributed by atoms with Gasteiger partial charge in [-0.3, -0.25) is 40.9 Å². The van der Waals surface area contributed by atoms with Crippen molar-refractivity contribution in [3.05, 3.63) is 70.8 Å². The van der Waals surface area contributed by atoms with Crippen LogP contribution in [0, 0.1) is 13.8 Å². The molecule has 2 aromatic rings. The van der Waals surface area contributed by atoms with Crippen molar-refractivity contribution in [2.45, 2.75) is 65.2 Å². The van der Waals surface area contributed by atoms with Crippen molar-refractivity contribution in [1.29, 1.82) is 0 Å². The average molecular weight is 467 g/mol. The largest absolute Gasteiger partial charge is 0.273 e. The van der Waals surface area contributed by atoms with Crippen molar-refractivity contribution in [1.82, 2.24) is 21.7 Å². The molecule has 0 heterocycles. The number of hydrogen-bond acceptors (Lipinski definition) is 4. The van der Waals surface area contributed by atoms with E-state index >= 15 is 0 Å². The Morgan fingerprint density at radius 1 is 0.559 bits per heavy atom. The van der Waals surface area contributed by atoms with Gasteiger partial charge in [0.05, 0.1) is 0 Å². The molecule has 4 N–H and O–H groups in total. The van der Waals surface area contributed by atoms with Crippen LogP contribution in [0.1, 0.15) is 83.2 Å². The normalized spacial score (nSPS) is 10.3. The minimum atomic E-state index is -0.337. The third-order valence-electron chi connectivity index (χ3n) is 5.25. The predicted molar refractivity (Wildman–Crippen MR) is 131 cm³/mol. The molecule has 0 aliphatic heterocycles. The van der Waals surface area contributed by atoms with Gasteiger partial charge < -0.3 is 0 Å². The summed E-state index contributed by atoms with van der Waals surface area (Å²) in [5.41, 5.74) is 12.7. The van der Waals surface area contributed by atoms with Crippen LogP contribution in [-0.2, 0) is 9.59 Å². The molecule has 182 valence electrons. The summed E-state index contributed by atoms with van der Waals surface area (Å²) in [6, 6.07) is 14.3. The minimum Gasteiger partial charge on any atom is -0.273 e. The SMILES string of the molecule is Cc1cccc(C(=O)NNC(=O)CCCCCCCCC(=O)NNC(=O)c2cccc(C)c2)c1. The minimum absolute atomic E-state index is 0.217. The Morgan fingerprint density at radius 3 is 1.32 bits per heavy atom. The van der Waals surface area contributed by atoms with Crippen LogP contribution in [0.25, 0.3) is 0 Å². The highest BCUT2D eigenvalue weighted by Gasteiger charge is 2.08. The number of carbonyl (C=O) groups is 4. The number of amides is 4. The predicted octanol–water partition coefficient (Wildman–Crippen LogP) is 3.65. The molecule has 0 aliphatic rings. The van der Waals surface area contributed by atoms with Gasteiger partial charge in [0.15, 0.2) is 0 Å². The second-order valence-electron chi connectivity index (χ2n) is 8.36. The van der Waals surface area contributed by atoms with Crippen molar-refractivity contribution in [3.63, 3.8) is 0 Å². The monoisotopic (exact) mass is 466 g/mol. The Hall–Kier alpha value is -3.68. The Morgan fingerprint density at radius 2 is 0.941 bits per heavy atom. The van der Waals surface area contributed by atoms with Crippen LogP contribution < -0.4 is 21.7 Å². The van der Waals surface area contributed by atoms with Crippen LogP contribution in [0.3, 0.4) is 0 Å². The lowest BCUT2D eigenvalue weighted by atomic mass is 10.1. The first-order valence-corrected chi connectivity index (χ1v) is 11.7. The molecule has 0 fully saturated rings. The van der Waals surface area contributed by atoms with Crippen LogP contribution >= 0.6 is 0 Å². The molecule has 0 radical (unpaired) electrons. The zero-order valence-corrected chi connectivity index (χ0v) is 19.9. The summed E-state index contributed by atoms with van der Waals surface area (Å²) in [7, 11) is 0. The Balaban J connectivity index is 1.45. The lowest BCUT2D eigenvalue weighted by Gasteiger charge is -2.08. The molecule has 2 rings (SSSR count). The van der Waals surface area contributed by atoms with Gasteiger partial charge in [-0.05, 0) is 51.0 Å². The first-order valence-electron chi connectivity index (χ1n) is 11.7.